The molecule has 2 N–H and O–H groups in total. The van der Waals surface area contributed by atoms with Gasteiger partial charge in [-0.2, -0.15) is 0 Å². The van der Waals surface area contributed by atoms with E-state index in [1.807, 2.05) is 37.3 Å². The van der Waals surface area contributed by atoms with Crippen molar-refractivity contribution < 1.29 is 19.5 Å². The van der Waals surface area contributed by atoms with Crippen LogP contribution < -0.4 is 0 Å². The number of carbonyl (C=O) groups excluding carboxylic acids is 2. The molecule has 3 rings (SSSR count). The fraction of sp³-hybridized carbons (Fsp3) is 0.263. The number of esters is 1. The summed E-state index contributed by atoms with van der Waals surface area (Å²) < 4.78 is 5.38. The Labute approximate surface area is 145 Å². The van der Waals surface area contributed by atoms with Crippen molar-refractivity contribution >= 4 is 11.9 Å². The number of carbonyl (C=O) groups is 2. The van der Waals surface area contributed by atoms with Crippen molar-refractivity contribution in [3.05, 3.63) is 70.6 Å². The summed E-state index contributed by atoms with van der Waals surface area (Å²) in [6.45, 7) is 5.52. The van der Waals surface area contributed by atoms with Crippen LogP contribution in [0.15, 0.2) is 42.5 Å². The van der Waals surface area contributed by atoms with Crippen molar-refractivity contribution in [2.75, 3.05) is 0 Å². The highest BCUT2D eigenvalue weighted by Gasteiger charge is 2.41. The van der Waals surface area contributed by atoms with Gasteiger partial charge in [-0.15, -0.1) is 0 Å². The van der Waals surface area contributed by atoms with Gasteiger partial charge in [0.1, 0.15) is 17.8 Å². The van der Waals surface area contributed by atoms with Crippen LogP contribution in [0.1, 0.15) is 39.8 Å². The molecule has 0 saturated heterocycles. The highest BCUT2D eigenvalue weighted by atomic mass is 16.5. The van der Waals surface area contributed by atoms with Gasteiger partial charge in [0, 0.05) is 6.08 Å². The lowest BCUT2D eigenvalue weighted by Gasteiger charge is -2.29. The fourth-order valence-electron chi connectivity index (χ4n) is 2.99. The van der Waals surface area contributed by atoms with Crippen LogP contribution in [0.2, 0.25) is 0 Å². The van der Waals surface area contributed by atoms with Crippen LogP contribution in [0.3, 0.4) is 0 Å². The molecule has 0 aliphatic carbocycles. The van der Waals surface area contributed by atoms with Gasteiger partial charge in [0.05, 0.1) is 5.69 Å². The third-order valence-corrected chi connectivity index (χ3v) is 4.68. The second-order valence-electron chi connectivity index (χ2n) is 6.32. The molecule has 2 aromatic rings. The lowest BCUT2D eigenvalue weighted by Crippen LogP contribution is -2.39. The van der Waals surface area contributed by atoms with Gasteiger partial charge in [0.2, 0.25) is 0 Å². The summed E-state index contributed by atoms with van der Waals surface area (Å²) in [5.74, 6) is -0.973. The number of nitrogens with one attached hydrogen (secondary N) is 1. The smallest absolute Gasteiger partial charge is 0.355 e. The number of hydrogen-bond donors (Lipinski definition) is 2. The Bertz CT molecular complexity index is 854. The number of nitrogens with zero attached hydrogens (tertiary/aromatic N) is 1. The lowest BCUT2D eigenvalue weighted by atomic mass is 9.95. The zero-order valence-electron chi connectivity index (χ0n) is 14.4. The quantitative estimate of drug-likeness (QED) is 0.662. The van der Waals surface area contributed by atoms with E-state index in [9.17, 15) is 14.8 Å². The first-order valence-electron chi connectivity index (χ1n) is 7.97. The molecule has 1 amide bonds. The van der Waals surface area contributed by atoms with E-state index in [0.717, 1.165) is 16.7 Å². The minimum Gasteiger partial charge on any atom is -0.456 e. The molecule has 1 atom stereocenters. The van der Waals surface area contributed by atoms with Crippen LogP contribution >= 0.6 is 0 Å². The summed E-state index contributed by atoms with van der Waals surface area (Å²) in [4.78, 5) is 27.1. The molecule has 1 aliphatic heterocycles. The third kappa shape index (κ3) is 2.85. The predicted octanol–water partition coefficient (Wildman–Crippen LogP) is 2.99. The van der Waals surface area contributed by atoms with Gasteiger partial charge >= 0.3 is 5.97 Å². The molecule has 0 bridgehead atoms. The molecule has 0 saturated carbocycles. The topological polar surface area (TPSA) is 82.6 Å². The van der Waals surface area contributed by atoms with Crippen LogP contribution in [0.25, 0.3) is 0 Å². The van der Waals surface area contributed by atoms with Gasteiger partial charge in [-0.1, -0.05) is 30.3 Å². The molecule has 6 heteroatoms. The largest absolute Gasteiger partial charge is 0.456 e. The second-order valence-corrected chi connectivity index (χ2v) is 6.32. The summed E-state index contributed by atoms with van der Waals surface area (Å²) in [6.07, 6.45) is 2.91. The zero-order valence-corrected chi connectivity index (χ0v) is 14.4. The molecule has 6 nitrogen and oxygen atoms in total. The Balaban J connectivity index is 1.85. The predicted molar refractivity (Wildman–Crippen MR) is 91.0 cm³/mol. The van der Waals surface area contributed by atoms with Gasteiger partial charge in [-0.05, 0) is 43.5 Å². The van der Waals surface area contributed by atoms with Crippen LogP contribution in [0, 0.1) is 13.8 Å². The fourth-order valence-corrected chi connectivity index (χ4v) is 2.99. The van der Waals surface area contributed by atoms with Gasteiger partial charge < -0.3 is 9.72 Å². The molecular formula is C19H20N2O4. The molecule has 1 aromatic carbocycles. The van der Waals surface area contributed by atoms with Crippen LogP contribution in [-0.4, -0.2) is 27.1 Å². The average molecular weight is 340 g/mol. The minimum absolute atomic E-state index is 0.175. The van der Waals surface area contributed by atoms with E-state index in [-0.39, 0.29) is 6.61 Å². The maximum atomic E-state index is 12.5. The van der Waals surface area contributed by atoms with Crippen LogP contribution in [-0.2, 0) is 21.7 Å². The number of benzene rings is 1. The highest BCUT2D eigenvalue weighted by Crippen LogP contribution is 2.36. The number of rotatable bonds is 4. The third-order valence-electron chi connectivity index (χ3n) is 4.68. The van der Waals surface area contributed by atoms with Gasteiger partial charge in [-0.25, -0.2) is 9.86 Å². The van der Waals surface area contributed by atoms with Crippen molar-refractivity contribution in [3.63, 3.8) is 0 Å². The van der Waals surface area contributed by atoms with Gasteiger partial charge in [0.25, 0.3) is 5.91 Å². The van der Waals surface area contributed by atoms with E-state index < -0.39 is 17.4 Å². The Morgan fingerprint density at radius 1 is 1.24 bits per heavy atom. The highest BCUT2D eigenvalue weighted by molar-refractivity contribution is 5.92. The van der Waals surface area contributed by atoms with Crippen molar-refractivity contribution in [2.24, 2.45) is 0 Å². The average Bonchev–Trinajstić information content (AvgIpc) is 3.06. The van der Waals surface area contributed by atoms with Crippen molar-refractivity contribution in [2.45, 2.75) is 32.9 Å². The molecular weight excluding hydrogens is 320 g/mol. The maximum absolute atomic E-state index is 12.5. The SMILES string of the molecule is Cc1c(C(=O)OCc2ccccc2)[nH]c(C2(C)C=CC(=O)N2O)c1C. The van der Waals surface area contributed by atoms with E-state index in [1.165, 1.54) is 6.08 Å². The molecule has 2 heterocycles. The number of aromatic nitrogens is 1. The van der Waals surface area contributed by atoms with E-state index in [2.05, 4.69) is 4.98 Å². The lowest BCUT2D eigenvalue weighted by molar-refractivity contribution is -0.176. The Hall–Kier alpha value is -2.86. The number of aromatic amines is 1. The molecule has 1 aliphatic rings. The summed E-state index contributed by atoms with van der Waals surface area (Å²) in [7, 11) is 0. The molecule has 1 unspecified atom stereocenters. The second kappa shape index (κ2) is 6.22. The van der Waals surface area contributed by atoms with Crippen LogP contribution in [0.5, 0.6) is 0 Å². The molecule has 1 aromatic heterocycles. The molecule has 0 radical (unpaired) electrons. The summed E-state index contributed by atoms with van der Waals surface area (Å²) in [6, 6.07) is 9.42. The summed E-state index contributed by atoms with van der Waals surface area (Å²) in [5.41, 5.74) is 2.30. The molecule has 0 fully saturated rings. The van der Waals surface area contributed by atoms with E-state index in [4.69, 9.17) is 4.74 Å². The summed E-state index contributed by atoms with van der Waals surface area (Å²) >= 11 is 0. The zero-order chi connectivity index (χ0) is 18.2. The minimum atomic E-state index is -1.04. The van der Waals surface area contributed by atoms with E-state index in [1.54, 1.807) is 19.9 Å². The first kappa shape index (κ1) is 17.0. The first-order valence-corrected chi connectivity index (χ1v) is 7.97. The number of hydrogen-bond acceptors (Lipinski definition) is 4. The van der Waals surface area contributed by atoms with Crippen molar-refractivity contribution in [1.82, 2.24) is 10.0 Å². The first-order chi connectivity index (χ1) is 11.8. The number of hydroxylamine groups is 2. The van der Waals surface area contributed by atoms with Crippen molar-refractivity contribution in [1.29, 1.82) is 0 Å². The Morgan fingerprint density at radius 2 is 1.92 bits per heavy atom. The maximum Gasteiger partial charge on any atom is 0.355 e. The van der Waals surface area contributed by atoms with Crippen molar-refractivity contribution in [3.8, 4) is 0 Å². The van der Waals surface area contributed by atoms with E-state index in [0.29, 0.717) is 16.5 Å². The number of H-pyrrole nitrogens is 1. The van der Waals surface area contributed by atoms with E-state index >= 15 is 0 Å². The van der Waals surface area contributed by atoms with Gasteiger partial charge in [-0.3, -0.25) is 10.0 Å². The van der Waals surface area contributed by atoms with Gasteiger partial charge in [0.15, 0.2) is 0 Å². The Kier molecular flexibility index (Phi) is 4.22. The summed E-state index contributed by atoms with van der Waals surface area (Å²) in [5, 5.41) is 10.7. The Morgan fingerprint density at radius 3 is 2.52 bits per heavy atom. The molecule has 0 spiro atoms. The molecule has 25 heavy (non-hydrogen) atoms. The van der Waals surface area contributed by atoms with Crippen LogP contribution in [0.4, 0.5) is 0 Å². The number of ether oxygens (including phenoxy) is 1. The molecule has 130 valence electrons. The monoisotopic (exact) mass is 340 g/mol. The standard InChI is InChI=1S/C19H20N2O4/c1-12-13(2)17(19(3)10-9-15(22)21(19)24)20-16(12)18(23)25-11-14-7-5-4-6-8-14/h4-10,20,24H,11H2,1-3H3. The number of amides is 1. The normalized spacial score (nSPS) is 19.5.